The Morgan fingerprint density at radius 3 is 2.80 bits per heavy atom. The zero-order valence-corrected chi connectivity index (χ0v) is 10.4. The summed E-state index contributed by atoms with van der Waals surface area (Å²) >= 11 is 1.54. The zero-order valence-electron chi connectivity index (χ0n) is 8.80. The summed E-state index contributed by atoms with van der Waals surface area (Å²) in [5.41, 5.74) is 0. The maximum atomic E-state index is 11.5. The van der Waals surface area contributed by atoms with Gasteiger partial charge in [0.1, 0.15) is 5.37 Å². The van der Waals surface area contributed by atoms with Crippen LogP contribution in [0.1, 0.15) is 6.92 Å². The molecule has 0 saturated carbocycles. The predicted molar refractivity (Wildman–Crippen MR) is 59.7 cm³/mol. The summed E-state index contributed by atoms with van der Waals surface area (Å²) in [4.78, 5) is 12.8. The van der Waals surface area contributed by atoms with Gasteiger partial charge in [-0.3, -0.25) is 4.90 Å². The first kappa shape index (κ1) is 12.6. The lowest BCUT2D eigenvalue weighted by Gasteiger charge is -2.32. The summed E-state index contributed by atoms with van der Waals surface area (Å²) < 4.78 is 27.7. The van der Waals surface area contributed by atoms with Gasteiger partial charge in [-0.25, -0.2) is 13.2 Å². The molecular formula is C8H15NO4S2. The first-order chi connectivity index (χ1) is 6.96. The van der Waals surface area contributed by atoms with E-state index in [1.807, 2.05) is 0 Å². The van der Waals surface area contributed by atoms with Crippen LogP contribution in [0.4, 0.5) is 4.79 Å². The highest BCUT2D eigenvalue weighted by Crippen LogP contribution is 2.20. The molecule has 1 aliphatic heterocycles. The number of hydrogen-bond acceptors (Lipinski definition) is 5. The minimum absolute atomic E-state index is 0.263. The Balaban J connectivity index is 2.79. The van der Waals surface area contributed by atoms with Gasteiger partial charge in [0, 0.05) is 24.3 Å². The normalized spacial score (nSPS) is 22.5. The highest BCUT2D eigenvalue weighted by molar-refractivity contribution is 8.00. The second kappa shape index (κ2) is 5.07. The molecule has 1 heterocycles. The molecule has 0 spiro atoms. The van der Waals surface area contributed by atoms with Crippen LogP contribution in [-0.2, 0) is 14.6 Å². The van der Waals surface area contributed by atoms with Crippen molar-refractivity contribution in [2.24, 2.45) is 0 Å². The first-order valence-corrected chi connectivity index (χ1v) is 7.77. The molecule has 1 aliphatic rings. The van der Waals surface area contributed by atoms with Crippen LogP contribution in [0.5, 0.6) is 0 Å². The molecule has 0 bridgehead atoms. The highest BCUT2D eigenvalue weighted by Gasteiger charge is 2.34. The molecule has 88 valence electrons. The van der Waals surface area contributed by atoms with E-state index in [0.29, 0.717) is 12.3 Å². The molecule has 0 aromatic rings. The third kappa shape index (κ3) is 3.27. The maximum absolute atomic E-state index is 11.5. The highest BCUT2D eigenvalue weighted by atomic mass is 32.2. The van der Waals surface area contributed by atoms with Gasteiger partial charge >= 0.3 is 6.09 Å². The Kier molecular flexibility index (Phi) is 4.27. The number of sulfone groups is 1. The van der Waals surface area contributed by atoms with Gasteiger partial charge < -0.3 is 4.74 Å². The summed E-state index contributed by atoms with van der Waals surface area (Å²) in [6.07, 6.45) is 0.615. The van der Waals surface area contributed by atoms with Crippen LogP contribution in [0, 0.1) is 0 Å². The van der Waals surface area contributed by atoms with Crippen LogP contribution in [0.25, 0.3) is 0 Å². The smallest absolute Gasteiger partial charge is 0.410 e. The molecule has 0 N–H and O–H groups in total. The van der Waals surface area contributed by atoms with E-state index in [4.69, 9.17) is 4.74 Å². The van der Waals surface area contributed by atoms with Crippen molar-refractivity contribution in [1.29, 1.82) is 0 Å². The van der Waals surface area contributed by atoms with Gasteiger partial charge in [0.25, 0.3) is 0 Å². The van der Waals surface area contributed by atoms with Crippen molar-refractivity contribution >= 4 is 27.7 Å². The lowest BCUT2D eigenvalue weighted by atomic mass is 10.5. The van der Waals surface area contributed by atoms with Gasteiger partial charge in [-0.1, -0.05) is 0 Å². The third-order valence-electron chi connectivity index (χ3n) is 2.08. The van der Waals surface area contributed by atoms with Crippen LogP contribution >= 0.6 is 11.8 Å². The monoisotopic (exact) mass is 253 g/mol. The van der Waals surface area contributed by atoms with Gasteiger partial charge in [-0.15, -0.1) is 0 Å². The Hall–Kier alpha value is -0.430. The van der Waals surface area contributed by atoms with Crippen LogP contribution in [0.2, 0.25) is 0 Å². The number of hydrogen-bond donors (Lipinski definition) is 0. The van der Waals surface area contributed by atoms with Crippen molar-refractivity contribution in [3.05, 3.63) is 0 Å². The van der Waals surface area contributed by atoms with E-state index in [0.717, 1.165) is 12.0 Å². The molecule has 0 aromatic carbocycles. The van der Waals surface area contributed by atoms with E-state index >= 15 is 0 Å². The lowest BCUT2D eigenvalue weighted by Crippen LogP contribution is -2.50. The van der Waals surface area contributed by atoms with E-state index in [9.17, 15) is 13.2 Å². The minimum Gasteiger partial charge on any atom is -0.450 e. The maximum Gasteiger partial charge on any atom is 0.410 e. The molecule has 0 aliphatic carbocycles. The topological polar surface area (TPSA) is 63.7 Å². The van der Waals surface area contributed by atoms with Gasteiger partial charge in [0.15, 0.2) is 9.84 Å². The molecular weight excluding hydrogens is 238 g/mol. The van der Waals surface area contributed by atoms with Crippen molar-refractivity contribution in [2.75, 3.05) is 30.9 Å². The lowest BCUT2D eigenvalue weighted by molar-refractivity contribution is 0.106. The summed E-state index contributed by atoms with van der Waals surface area (Å²) in [6.45, 7) is 2.40. The quantitative estimate of drug-likeness (QED) is 0.719. The average Bonchev–Trinajstić information content (AvgIpc) is 2.17. The Morgan fingerprint density at radius 2 is 2.27 bits per heavy atom. The molecule has 7 heteroatoms. The molecule has 0 aromatic heterocycles. The van der Waals surface area contributed by atoms with Gasteiger partial charge in [-0.05, 0) is 6.92 Å². The SMILES string of the molecule is CCOC(=O)N1CCSCC1S(C)(=O)=O. The molecule has 1 saturated heterocycles. The van der Waals surface area contributed by atoms with Crippen molar-refractivity contribution < 1.29 is 17.9 Å². The number of rotatable bonds is 2. The van der Waals surface area contributed by atoms with Crippen LogP contribution in [0.15, 0.2) is 0 Å². The Morgan fingerprint density at radius 1 is 1.60 bits per heavy atom. The largest absolute Gasteiger partial charge is 0.450 e. The van der Waals surface area contributed by atoms with Crippen LogP contribution in [0.3, 0.4) is 0 Å². The predicted octanol–water partition coefficient (Wildman–Crippen LogP) is 0.562. The van der Waals surface area contributed by atoms with E-state index in [1.165, 1.54) is 4.90 Å². The third-order valence-corrected chi connectivity index (χ3v) is 4.72. The van der Waals surface area contributed by atoms with Gasteiger partial charge in [0.05, 0.1) is 6.61 Å². The van der Waals surface area contributed by atoms with Crippen molar-refractivity contribution in [3.63, 3.8) is 0 Å². The van der Waals surface area contributed by atoms with Crippen molar-refractivity contribution in [3.8, 4) is 0 Å². The molecule has 1 unspecified atom stereocenters. The first-order valence-electron chi connectivity index (χ1n) is 4.66. The second-order valence-electron chi connectivity index (χ2n) is 3.25. The van der Waals surface area contributed by atoms with Crippen molar-refractivity contribution in [2.45, 2.75) is 12.3 Å². The van der Waals surface area contributed by atoms with E-state index in [-0.39, 0.29) is 6.61 Å². The standard InChI is InChI=1S/C8H15NO4S2/c1-3-13-8(10)9-4-5-14-6-7(9)15(2,11)12/h7H,3-6H2,1-2H3. The summed E-state index contributed by atoms with van der Waals surface area (Å²) in [6, 6.07) is 0. The number of thioether (sulfide) groups is 1. The van der Waals surface area contributed by atoms with E-state index < -0.39 is 21.3 Å². The fourth-order valence-corrected chi connectivity index (χ4v) is 4.16. The molecule has 1 amide bonds. The molecule has 1 rings (SSSR count). The zero-order chi connectivity index (χ0) is 11.5. The number of ether oxygens (including phenoxy) is 1. The number of amides is 1. The molecule has 5 nitrogen and oxygen atoms in total. The summed E-state index contributed by atoms with van der Waals surface area (Å²) in [5.74, 6) is 1.18. The summed E-state index contributed by atoms with van der Waals surface area (Å²) in [7, 11) is -3.23. The molecule has 1 fully saturated rings. The second-order valence-corrected chi connectivity index (χ2v) is 6.60. The number of nitrogens with zero attached hydrogens (tertiary/aromatic N) is 1. The Labute approximate surface area is 94.1 Å². The fourth-order valence-electron chi connectivity index (χ4n) is 1.35. The van der Waals surface area contributed by atoms with E-state index in [1.54, 1.807) is 18.7 Å². The molecule has 1 atom stereocenters. The average molecular weight is 253 g/mol. The summed E-state index contributed by atoms with van der Waals surface area (Å²) in [5, 5.41) is -0.740. The molecule has 0 radical (unpaired) electrons. The van der Waals surface area contributed by atoms with Crippen molar-refractivity contribution in [1.82, 2.24) is 4.90 Å². The number of carbonyl (C=O) groups is 1. The van der Waals surface area contributed by atoms with Crippen LogP contribution < -0.4 is 0 Å². The molecule has 15 heavy (non-hydrogen) atoms. The van der Waals surface area contributed by atoms with Gasteiger partial charge in [-0.2, -0.15) is 11.8 Å². The van der Waals surface area contributed by atoms with E-state index in [2.05, 4.69) is 0 Å². The minimum atomic E-state index is -3.23. The van der Waals surface area contributed by atoms with Crippen LogP contribution in [-0.4, -0.2) is 55.7 Å². The fraction of sp³-hybridized carbons (Fsp3) is 0.875. The Bertz CT molecular complexity index is 328. The van der Waals surface area contributed by atoms with Gasteiger partial charge in [0.2, 0.25) is 0 Å². The number of carbonyl (C=O) groups excluding carboxylic acids is 1.